The molecule has 1 aliphatic rings. The fourth-order valence-electron chi connectivity index (χ4n) is 1.36. The normalized spacial score (nSPS) is 26.9. The summed E-state index contributed by atoms with van der Waals surface area (Å²) in [6.07, 6.45) is 0.595. The number of urea groups is 1. The van der Waals surface area contributed by atoms with Crippen LogP contribution in [0.4, 0.5) is 4.79 Å². The molecule has 14 heavy (non-hydrogen) atoms. The smallest absolute Gasteiger partial charge is 0.324 e. The van der Waals surface area contributed by atoms with Crippen molar-refractivity contribution in [2.75, 3.05) is 13.1 Å². The SMILES string of the molecule is C=CCN1C(=O)N(CC=C)C(O)C1O. The number of aliphatic hydroxyl groups is 2. The van der Waals surface area contributed by atoms with E-state index < -0.39 is 18.5 Å². The number of amides is 2. The summed E-state index contributed by atoms with van der Waals surface area (Å²) in [5, 5.41) is 19.0. The fraction of sp³-hybridized carbons (Fsp3) is 0.444. The maximum Gasteiger partial charge on any atom is 0.324 e. The van der Waals surface area contributed by atoms with Gasteiger partial charge in [0.15, 0.2) is 12.5 Å². The molecular formula is C9H14N2O3. The highest BCUT2D eigenvalue weighted by atomic mass is 16.4. The molecule has 1 heterocycles. The van der Waals surface area contributed by atoms with Crippen LogP contribution in [0.3, 0.4) is 0 Å². The van der Waals surface area contributed by atoms with Crippen molar-refractivity contribution in [3.63, 3.8) is 0 Å². The third kappa shape index (κ3) is 1.64. The van der Waals surface area contributed by atoms with Crippen LogP contribution in [0.5, 0.6) is 0 Å². The van der Waals surface area contributed by atoms with E-state index in [2.05, 4.69) is 13.2 Å². The van der Waals surface area contributed by atoms with Gasteiger partial charge in [-0.3, -0.25) is 9.80 Å². The first-order valence-electron chi connectivity index (χ1n) is 4.28. The number of carbonyl (C=O) groups is 1. The zero-order valence-electron chi connectivity index (χ0n) is 7.83. The lowest BCUT2D eigenvalue weighted by Gasteiger charge is -2.16. The Bertz CT molecular complexity index is 230. The second kappa shape index (κ2) is 4.26. The van der Waals surface area contributed by atoms with Gasteiger partial charge in [0, 0.05) is 13.1 Å². The van der Waals surface area contributed by atoms with Crippen molar-refractivity contribution < 1.29 is 15.0 Å². The molecule has 2 N–H and O–H groups in total. The van der Waals surface area contributed by atoms with Crippen molar-refractivity contribution in [1.29, 1.82) is 0 Å². The molecule has 0 radical (unpaired) electrons. The zero-order chi connectivity index (χ0) is 10.7. The fourth-order valence-corrected chi connectivity index (χ4v) is 1.36. The summed E-state index contributed by atoms with van der Waals surface area (Å²) in [6, 6.07) is -0.412. The van der Waals surface area contributed by atoms with E-state index in [0.717, 1.165) is 9.80 Å². The standard InChI is InChI=1S/C9H14N2O3/c1-3-5-10-7(12)8(13)11(6-4-2)9(10)14/h3-4,7-8,12-13H,1-2,5-6H2. The van der Waals surface area contributed by atoms with E-state index >= 15 is 0 Å². The maximum absolute atomic E-state index is 11.5. The highest BCUT2D eigenvalue weighted by molar-refractivity contribution is 5.77. The molecule has 0 saturated carbocycles. The minimum Gasteiger partial charge on any atom is -0.369 e. The third-order valence-electron chi connectivity index (χ3n) is 2.05. The van der Waals surface area contributed by atoms with Crippen LogP contribution in [0.25, 0.3) is 0 Å². The molecule has 5 nitrogen and oxygen atoms in total. The van der Waals surface area contributed by atoms with Gasteiger partial charge < -0.3 is 10.2 Å². The van der Waals surface area contributed by atoms with Crippen LogP contribution in [0, 0.1) is 0 Å². The van der Waals surface area contributed by atoms with E-state index in [0.29, 0.717) is 0 Å². The molecule has 78 valence electrons. The van der Waals surface area contributed by atoms with Gasteiger partial charge in [0.2, 0.25) is 0 Å². The van der Waals surface area contributed by atoms with Gasteiger partial charge >= 0.3 is 6.03 Å². The third-order valence-corrected chi connectivity index (χ3v) is 2.05. The van der Waals surface area contributed by atoms with Crippen molar-refractivity contribution in [3.05, 3.63) is 25.3 Å². The van der Waals surface area contributed by atoms with Crippen molar-refractivity contribution in [2.24, 2.45) is 0 Å². The Hall–Kier alpha value is -1.33. The van der Waals surface area contributed by atoms with Gasteiger partial charge in [-0.05, 0) is 0 Å². The molecule has 0 spiro atoms. The minimum atomic E-state index is -1.19. The van der Waals surface area contributed by atoms with E-state index in [1.807, 2.05) is 0 Å². The summed E-state index contributed by atoms with van der Waals surface area (Å²) < 4.78 is 0. The summed E-state index contributed by atoms with van der Waals surface area (Å²) in [5.74, 6) is 0. The molecule has 1 saturated heterocycles. The molecule has 1 fully saturated rings. The predicted molar refractivity (Wildman–Crippen MR) is 51.2 cm³/mol. The molecule has 0 aromatic rings. The Morgan fingerprint density at radius 1 is 1.14 bits per heavy atom. The first kappa shape index (κ1) is 10.7. The summed E-state index contributed by atoms with van der Waals surface area (Å²) in [4.78, 5) is 13.8. The van der Waals surface area contributed by atoms with Crippen LogP contribution in [0.2, 0.25) is 0 Å². The second-order valence-electron chi connectivity index (χ2n) is 2.99. The Morgan fingerprint density at radius 2 is 1.50 bits per heavy atom. The Kier molecular flexibility index (Phi) is 3.27. The summed E-state index contributed by atoms with van der Waals surface area (Å²) in [7, 11) is 0. The highest BCUT2D eigenvalue weighted by Gasteiger charge is 2.42. The predicted octanol–water partition coefficient (Wildman–Crippen LogP) is -0.267. The molecule has 0 aromatic carbocycles. The number of aliphatic hydroxyl groups excluding tert-OH is 2. The molecular weight excluding hydrogens is 184 g/mol. The van der Waals surface area contributed by atoms with E-state index in [-0.39, 0.29) is 13.1 Å². The highest BCUT2D eigenvalue weighted by Crippen LogP contribution is 2.19. The van der Waals surface area contributed by atoms with Gasteiger partial charge in [-0.1, -0.05) is 12.2 Å². The number of hydrogen-bond donors (Lipinski definition) is 2. The van der Waals surface area contributed by atoms with Crippen molar-refractivity contribution >= 4 is 6.03 Å². The van der Waals surface area contributed by atoms with Crippen LogP contribution >= 0.6 is 0 Å². The largest absolute Gasteiger partial charge is 0.369 e. The lowest BCUT2D eigenvalue weighted by molar-refractivity contribution is -0.0614. The van der Waals surface area contributed by atoms with E-state index in [9.17, 15) is 15.0 Å². The van der Waals surface area contributed by atoms with Crippen LogP contribution in [-0.4, -0.2) is 51.6 Å². The number of hydrogen-bond acceptors (Lipinski definition) is 3. The van der Waals surface area contributed by atoms with Gasteiger partial charge in [0.25, 0.3) is 0 Å². The summed E-state index contributed by atoms with van der Waals surface area (Å²) >= 11 is 0. The molecule has 0 aliphatic carbocycles. The molecule has 0 aromatic heterocycles. The summed E-state index contributed by atoms with van der Waals surface area (Å²) in [5.41, 5.74) is 0. The maximum atomic E-state index is 11.5. The lowest BCUT2D eigenvalue weighted by atomic mass is 10.4. The number of carbonyl (C=O) groups excluding carboxylic acids is 1. The van der Waals surface area contributed by atoms with Crippen LogP contribution in [-0.2, 0) is 0 Å². The monoisotopic (exact) mass is 198 g/mol. The van der Waals surface area contributed by atoms with E-state index in [1.165, 1.54) is 12.2 Å². The van der Waals surface area contributed by atoms with Gasteiger partial charge in [-0.25, -0.2) is 4.79 Å². The van der Waals surface area contributed by atoms with Crippen molar-refractivity contribution in [3.8, 4) is 0 Å². The molecule has 1 aliphatic heterocycles. The Balaban J connectivity index is 2.78. The Labute approximate surface area is 82.5 Å². The van der Waals surface area contributed by atoms with Gasteiger partial charge in [-0.15, -0.1) is 13.2 Å². The molecule has 2 atom stereocenters. The van der Waals surface area contributed by atoms with Crippen LogP contribution < -0.4 is 0 Å². The van der Waals surface area contributed by atoms with Crippen molar-refractivity contribution in [1.82, 2.24) is 9.80 Å². The second-order valence-corrected chi connectivity index (χ2v) is 2.99. The average Bonchev–Trinajstić information content (AvgIpc) is 2.36. The van der Waals surface area contributed by atoms with Crippen LogP contribution in [0.1, 0.15) is 0 Å². The van der Waals surface area contributed by atoms with E-state index in [4.69, 9.17) is 0 Å². The molecule has 2 amide bonds. The number of nitrogens with zero attached hydrogens (tertiary/aromatic N) is 2. The quantitative estimate of drug-likeness (QED) is 0.611. The van der Waals surface area contributed by atoms with Gasteiger partial charge in [-0.2, -0.15) is 0 Å². The molecule has 5 heteroatoms. The zero-order valence-corrected chi connectivity index (χ0v) is 7.83. The topological polar surface area (TPSA) is 64.0 Å². The van der Waals surface area contributed by atoms with E-state index in [1.54, 1.807) is 0 Å². The minimum absolute atomic E-state index is 0.213. The molecule has 0 bridgehead atoms. The lowest BCUT2D eigenvalue weighted by Crippen LogP contribution is -2.37. The average molecular weight is 198 g/mol. The van der Waals surface area contributed by atoms with Gasteiger partial charge in [0.1, 0.15) is 0 Å². The Morgan fingerprint density at radius 3 is 1.79 bits per heavy atom. The van der Waals surface area contributed by atoms with Crippen LogP contribution in [0.15, 0.2) is 25.3 Å². The first-order chi connectivity index (χ1) is 6.63. The first-order valence-corrected chi connectivity index (χ1v) is 4.28. The molecule has 2 unspecified atom stereocenters. The number of rotatable bonds is 4. The summed E-state index contributed by atoms with van der Waals surface area (Å²) in [6.45, 7) is 7.35. The van der Waals surface area contributed by atoms with Gasteiger partial charge in [0.05, 0.1) is 0 Å². The molecule has 1 rings (SSSR count). The van der Waals surface area contributed by atoms with Crippen molar-refractivity contribution in [2.45, 2.75) is 12.5 Å².